The molecule has 0 fully saturated rings. The van der Waals surface area contributed by atoms with Crippen LogP contribution in [0.4, 0.5) is 0 Å². The molecule has 0 spiro atoms. The lowest BCUT2D eigenvalue weighted by Gasteiger charge is -2.11. The first-order chi connectivity index (χ1) is 9.02. The van der Waals surface area contributed by atoms with Crippen molar-refractivity contribution in [1.29, 1.82) is 0 Å². The van der Waals surface area contributed by atoms with Crippen LogP contribution < -0.4 is 15.8 Å². The third-order valence-corrected chi connectivity index (χ3v) is 2.47. The average molecular weight is 266 g/mol. The number of carbonyl (C=O) groups excluding carboxylic acids is 2. The lowest BCUT2D eigenvalue weighted by molar-refractivity contribution is -0.142. The Kier molecular flexibility index (Phi) is 5.81. The Morgan fingerprint density at radius 1 is 1.32 bits per heavy atom. The van der Waals surface area contributed by atoms with Crippen LogP contribution in [0.5, 0.6) is 5.75 Å². The highest BCUT2D eigenvalue weighted by atomic mass is 16.5. The number of methoxy groups -OCH3 is 1. The zero-order valence-corrected chi connectivity index (χ0v) is 11.0. The zero-order valence-electron chi connectivity index (χ0n) is 11.0. The predicted molar refractivity (Wildman–Crippen MR) is 69.4 cm³/mol. The minimum Gasteiger partial charge on any atom is -0.484 e. The van der Waals surface area contributed by atoms with E-state index < -0.39 is 5.91 Å². The van der Waals surface area contributed by atoms with Gasteiger partial charge in [0, 0.05) is 6.54 Å². The van der Waals surface area contributed by atoms with Crippen LogP contribution in [0.2, 0.25) is 0 Å². The summed E-state index contributed by atoms with van der Waals surface area (Å²) < 4.78 is 9.74. The fourth-order valence-electron chi connectivity index (χ4n) is 1.39. The zero-order chi connectivity index (χ0) is 14.3. The maximum Gasteiger partial charge on any atom is 0.322 e. The molecule has 0 bridgehead atoms. The normalized spacial score (nSPS) is 11.7. The second kappa shape index (κ2) is 7.38. The van der Waals surface area contributed by atoms with Crippen molar-refractivity contribution in [1.82, 2.24) is 5.32 Å². The molecule has 1 rings (SSSR count). The quantitative estimate of drug-likeness (QED) is 0.688. The Morgan fingerprint density at radius 2 is 1.95 bits per heavy atom. The molecule has 0 aliphatic heterocycles. The van der Waals surface area contributed by atoms with Crippen LogP contribution in [-0.2, 0) is 20.9 Å². The molecule has 3 N–H and O–H groups in total. The number of hydrogen-bond donors (Lipinski definition) is 2. The monoisotopic (exact) mass is 266 g/mol. The molecule has 104 valence electrons. The topological polar surface area (TPSA) is 90.7 Å². The van der Waals surface area contributed by atoms with Crippen molar-refractivity contribution in [3.8, 4) is 5.75 Å². The number of hydrogen-bond acceptors (Lipinski definition) is 5. The molecule has 1 aromatic carbocycles. The molecule has 1 aromatic rings. The molecule has 0 aliphatic rings. The van der Waals surface area contributed by atoms with E-state index in [0.717, 1.165) is 5.56 Å². The number of amides is 1. The lowest BCUT2D eigenvalue weighted by Crippen LogP contribution is -2.34. The third kappa shape index (κ3) is 5.39. The summed E-state index contributed by atoms with van der Waals surface area (Å²) in [4.78, 5) is 21.7. The van der Waals surface area contributed by atoms with Crippen molar-refractivity contribution in [2.24, 2.45) is 5.73 Å². The number of rotatable bonds is 7. The van der Waals surface area contributed by atoms with Gasteiger partial charge in [0.2, 0.25) is 0 Å². The van der Waals surface area contributed by atoms with Crippen molar-refractivity contribution in [2.75, 3.05) is 13.7 Å². The lowest BCUT2D eigenvalue weighted by atomic mass is 10.2. The van der Waals surface area contributed by atoms with Gasteiger partial charge in [-0.25, -0.2) is 0 Å². The summed E-state index contributed by atoms with van der Waals surface area (Å²) in [5.74, 6) is -0.248. The summed E-state index contributed by atoms with van der Waals surface area (Å²) in [5.41, 5.74) is 5.96. The van der Waals surface area contributed by atoms with Crippen LogP contribution in [0.1, 0.15) is 12.5 Å². The number of benzene rings is 1. The fraction of sp³-hybridized carbons (Fsp3) is 0.385. The van der Waals surface area contributed by atoms with Crippen LogP contribution in [-0.4, -0.2) is 31.6 Å². The molecule has 1 atom stereocenters. The van der Waals surface area contributed by atoms with Gasteiger partial charge in [-0.15, -0.1) is 0 Å². The first-order valence-corrected chi connectivity index (χ1v) is 5.84. The minimum atomic E-state index is -0.516. The van der Waals surface area contributed by atoms with Gasteiger partial charge in [-0.05, 0) is 24.6 Å². The van der Waals surface area contributed by atoms with Gasteiger partial charge in [0.05, 0.1) is 7.11 Å². The number of carbonyl (C=O) groups is 2. The molecule has 0 aromatic heterocycles. The first kappa shape index (κ1) is 15.0. The molecule has 0 aliphatic carbocycles. The van der Waals surface area contributed by atoms with Crippen LogP contribution >= 0.6 is 0 Å². The molecule has 6 nitrogen and oxygen atoms in total. The van der Waals surface area contributed by atoms with Crippen LogP contribution in [0, 0.1) is 0 Å². The molecule has 6 heteroatoms. The van der Waals surface area contributed by atoms with Gasteiger partial charge < -0.3 is 20.5 Å². The first-order valence-electron chi connectivity index (χ1n) is 5.84. The molecule has 19 heavy (non-hydrogen) atoms. The Balaban J connectivity index is 2.44. The SMILES string of the molecule is COC(=O)[C@H](C)NCc1ccc(OCC(N)=O)cc1. The third-order valence-electron chi connectivity index (χ3n) is 2.47. The highest BCUT2D eigenvalue weighted by Crippen LogP contribution is 2.12. The molecule has 0 saturated carbocycles. The maximum absolute atomic E-state index is 11.2. The number of nitrogens with two attached hydrogens (primary N) is 1. The van der Waals surface area contributed by atoms with E-state index in [0.29, 0.717) is 12.3 Å². The standard InChI is InChI=1S/C13H18N2O4/c1-9(13(17)18-2)15-7-10-3-5-11(6-4-10)19-8-12(14)16/h3-6,9,15H,7-8H2,1-2H3,(H2,14,16)/t9-/m0/s1. The van der Waals surface area contributed by atoms with E-state index in [1.54, 1.807) is 19.1 Å². The molecule has 0 saturated heterocycles. The second-order valence-electron chi connectivity index (χ2n) is 4.02. The summed E-state index contributed by atoms with van der Waals surface area (Å²) in [6, 6.07) is 6.79. The van der Waals surface area contributed by atoms with E-state index in [1.807, 2.05) is 12.1 Å². The van der Waals surface area contributed by atoms with Gasteiger partial charge in [0.25, 0.3) is 5.91 Å². The fourth-order valence-corrected chi connectivity index (χ4v) is 1.39. The van der Waals surface area contributed by atoms with E-state index >= 15 is 0 Å². The van der Waals surface area contributed by atoms with E-state index in [2.05, 4.69) is 10.1 Å². The highest BCUT2D eigenvalue weighted by Gasteiger charge is 2.11. The maximum atomic E-state index is 11.2. The van der Waals surface area contributed by atoms with E-state index in [9.17, 15) is 9.59 Å². The number of esters is 1. The molecular weight excluding hydrogens is 248 g/mol. The smallest absolute Gasteiger partial charge is 0.322 e. The second-order valence-corrected chi connectivity index (χ2v) is 4.02. The van der Waals surface area contributed by atoms with E-state index in [4.69, 9.17) is 10.5 Å². The summed E-state index contributed by atoms with van der Waals surface area (Å²) in [7, 11) is 1.35. The van der Waals surface area contributed by atoms with Crippen LogP contribution in [0.15, 0.2) is 24.3 Å². The van der Waals surface area contributed by atoms with Crippen molar-refractivity contribution >= 4 is 11.9 Å². The van der Waals surface area contributed by atoms with Crippen LogP contribution in [0.25, 0.3) is 0 Å². The Morgan fingerprint density at radius 3 is 2.47 bits per heavy atom. The summed E-state index contributed by atoms with van der Waals surface area (Å²) in [5, 5.41) is 3.03. The molecule has 1 amide bonds. The number of nitrogens with one attached hydrogen (secondary N) is 1. The largest absolute Gasteiger partial charge is 0.484 e. The van der Waals surface area contributed by atoms with Crippen LogP contribution in [0.3, 0.4) is 0 Å². The molecule has 0 heterocycles. The minimum absolute atomic E-state index is 0.142. The Hall–Kier alpha value is -2.08. The average Bonchev–Trinajstić information content (AvgIpc) is 2.42. The summed E-state index contributed by atoms with van der Waals surface area (Å²) in [6.45, 7) is 2.12. The van der Waals surface area contributed by atoms with Gasteiger partial charge >= 0.3 is 5.97 Å². The summed E-state index contributed by atoms with van der Waals surface area (Å²) in [6.07, 6.45) is 0. The molecule has 0 unspecified atom stereocenters. The van der Waals surface area contributed by atoms with Gasteiger partial charge in [0.1, 0.15) is 11.8 Å². The molecule has 0 radical (unpaired) electrons. The van der Waals surface area contributed by atoms with Crippen molar-refractivity contribution < 1.29 is 19.1 Å². The number of primary amides is 1. The predicted octanol–water partition coefficient (Wildman–Crippen LogP) is 0.202. The van der Waals surface area contributed by atoms with E-state index in [-0.39, 0.29) is 18.6 Å². The van der Waals surface area contributed by atoms with Crippen molar-refractivity contribution in [3.05, 3.63) is 29.8 Å². The summed E-state index contributed by atoms with van der Waals surface area (Å²) >= 11 is 0. The highest BCUT2D eigenvalue weighted by molar-refractivity contribution is 5.75. The molecular formula is C13H18N2O4. The Bertz CT molecular complexity index is 431. The number of ether oxygens (including phenoxy) is 2. The van der Waals surface area contributed by atoms with Crippen molar-refractivity contribution in [2.45, 2.75) is 19.5 Å². The van der Waals surface area contributed by atoms with Gasteiger partial charge in [-0.2, -0.15) is 0 Å². The van der Waals surface area contributed by atoms with Gasteiger partial charge in [-0.1, -0.05) is 12.1 Å². The Labute approximate surface area is 111 Å². The van der Waals surface area contributed by atoms with E-state index in [1.165, 1.54) is 7.11 Å². The van der Waals surface area contributed by atoms with Gasteiger partial charge in [0.15, 0.2) is 6.61 Å². The van der Waals surface area contributed by atoms with Crippen molar-refractivity contribution in [3.63, 3.8) is 0 Å². The van der Waals surface area contributed by atoms with Gasteiger partial charge in [-0.3, -0.25) is 9.59 Å².